The summed E-state index contributed by atoms with van der Waals surface area (Å²) in [4.78, 5) is 68.9. The maximum atomic E-state index is 12.9. The van der Waals surface area contributed by atoms with Gasteiger partial charge in [0.2, 0.25) is 12.5 Å². The molecule has 3 amide bonds. The molecule has 15 heteroatoms. The number of thioether (sulfide) groups is 1. The summed E-state index contributed by atoms with van der Waals surface area (Å²) in [5.74, 6) is -4.26. The van der Waals surface area contributed by atoms with Gasteiger partial charge in [-0.3, -0.25) is 19.3 Å². The highest BCUT2D eigenvalue weighted by molar-refractivity contribution is 8.00. The Balaban J connectivity index is 1.81. The van der Waals surface area contributed by atoms with E-state index < -0.39 is 53.4 Å². The van der Waals surface area contributed by atoms with Crippen LogP contribution in [0.2, 0.25) is 0 Å². The number of aromatic nitrogens is 1. The van der Waals surface area contributed by atoms with Gasteiger partial charge in [-0.1, -0.05) is 17.8 Å². The predicted octanol–water partition coefficient (Wildman–Crippen LogP) is -0.169. The molecule has 33 heavy (non-hydrogen) atoms. The molecule has 13 nitrogen and oxygen atoms in total. The van der Waals surface area contributed by atoms with Gasteiger partial charge in [0.25, 0.3) is 11.8 Å². The van der Waals surface area contributed by atoms with Crippen LogP contribution in [0.15, 0.2) is 34.5 Å². The Morgan fingerprint density at radius 3 is 2.73 bits per heavy atom. The topological polar surface area (TPSA) is 188 Å². The zero-order valence-electron chi connectivity index (χ0n) is 16.9. The van der Waals surface area contributed by atoms with Crippen molar-refractivity contribution in [3.63, 3.8) is 0 Å². The molecule has 0 unspecified atom stereocenters. The van der Waals surface area contributed by atoms with Crippen molar-refractivity contribution in [1.29, 1.82) is 0 Å². The van der Waals surface area contributed by atoms with Crippen molar-refractivity contribution in [1.82, 2.24) is 15.2 Å². The molecular formula is C18H17N5O8S2. The van der Waals surface area contributed by atoms with Gasteiger partial charge in [-0.05, 0) is 5.57 Å². The quantitative estimate of drug-likeness (QED) is 0.203. The Kier molecular flexibility index (Phi) is 7.13. The third-order valence-corrected chi connectivity index (χ3v) is 6.38. The number of allylic oxidation sites excluding steroid dienone is 1. The number of carbonyl (C=O) groups is 5. The number of carboxylic acid groups (broad SMARTS) is 2. The van der Waals surface area contributed by atoms with Gasteiger partial charge in [-0.2, -0.15) is 0 Å². The Morgan fingerprint density at radius 1 is 1.39 bits per heavy atom. The molecule has 0 aromatic carbocycles. The summed E-state index contributed by atoms with van der Waals surface area (Å²) in [6.45, 7) is 4.01. The Morgan fingerprint density at radius 2 is 2.12 bits per heavy atom. The second-order valence-electron chi connectivity index (χ2n) is 6.57. The number of rotatable bonds is 9. The molecule has 1 saturated heterocycles. The summed E-state index contributed by atoms with van der Waals surface area (Å²) in [5, 5.41) is 27.6. The highest BCUT2D eigenvalue weighted by atomic mass is 32.2. The smallest absolute Gasteiger partial charge is 0.352 e. The van der Waals surface area contributed by atoms with Crippen molar-refractivity contribution in [2.45, 2.75) is 18.3 Å². The number of nitrogens with one attached hydrogen (secondary N) is 2. The number of thiazole rings is 1. The minimum atomic E-state index is -1.33. The van der Waals surface area contributed by atoms with E-state index in [0.717, 1.165) is 16.2 Å². The van der Waals surface area contributed by atoms with Crippen LogP contribution in [-0.4, -0.2) is 79.2 Å². The number of fused-ring (bicyclic) bond motifs is 1. The number of oxime groups is 1. The highest BCUT2D eigenvalue weighted by Crippen LogP contribution is 2.40. The van der Waals surface area contributed by atoms with Gasteiger partial charge in [-0.15, -0.1) is 23.1 Å². The van der Waals surface area contributed by atoms with Gasteiger partial charge in [0.15, 0.2) is 10.8 Å². The third-order valence-electron chi connectivity index (χ3n) is 4.32. The standard InChI is InChI=1S/C18H17N5O8S2/c1-3-8-5-32-16-12(15(28)23(16)13(8)17(29)30)21-14(27)11(22-31-4-10(25)26)9-6-33-18(20-9)19-7(2)24/h3,6,12,16H,1,4-5H2,2H3,(H,21,27)(H,25,26)(H,29,30)(H,19,20,24)/b22-11-/t12-,16-/m1/s1. The number of hydrogen-bond acceptors (Lipinski definition) is 10. The molecule has 1 fully saturated rings. The number of nitrogens with zero attached hydrogens (tertiary/aromatic N) is 3. The fourth-order valence-corrected chi connectivity index (χ4v) is 5.04. The fourth-order valence-electron chi connectivity index (χ4n) is 2.96. The minimum Gasteiger partial charge on any atom is -0.479 e. The first-order valence-electron chi connectivity index (χ1n) is 9.13. The first-order valence-corrected chi connectivity index (χ1v) is 11.1. The van der Waals surface area contributed by atoms with E-state index >= 15 is 0 Å². The molecule has 0 bridgehead atoms. The molecule has 1 aromatic heterocycles. The highest BCUT2D eigenvalue weighted by Gasteiger charge is 2.54. The normalized spacial score (nSPS) is 19.8. The molecule has 3 rings (SSSR count). The zero-order valence-corrected chi connectivity index (χ0v) is 18.6. The molecule has 2 atom stereocenters. The molecule has 4 N–H and O–H groups in total. The van der Waals surface area contributed by atoms with Crippen LogP contribution in [0.4, 0.5) is 5.13 Å². The Hall–Kier alpha value is -3.72. The first-order chi connectivity index (χ1) is 15.6. The fraction of sp³-hybridized carbons (Fsp3) is 0.278. The predicted molar refractivity (Wildman–Crippen MR) is 116 cm³/mol. The second-order valence-corrected chi connectivity index (χ2v) is 8.53. The summed E-state index contributed by atoms with van der Waals surface area (Å²) in [7, 11) is 0. The lowest BCUT2D eigenvalue weighted by Gasteiger charge is -2.49. The van der Waals surface area contributed by atoms with Crippen molar-refractivity contribution in [3.8, 4) is 0 Å². The number of carboxylic acids is 2. The number of aliphatic carboxylic acids is 2. The number of carbonyl (C=O) groups excluding carboxylic acids is 3. The molecular weight excluding hydrogens is 478 g/mol. The average Bonchev–Trinajstić information content (AvgIpc) is 3.20. The molecule has 0 aliphatic carbocycles. The molecule has 1 aromatic rings. The number of amides is 3. The van der Waals surface area contributed by atoms with E-state index in [4.69, 9.17) is 5.11 Å². The van der Waals surface area contributed by atoms with Crippen LogP contribution in [0.3, 0.4) is 0 Å². The lowest BCUT2D eigenvalue weighted by molar-refractivity contribution is -0.150. The average molecular weight is 495 g/mol. The van der Waals surface area contributed by atoms with Crippen LogP contribution in [0, 0.1) is 0 Å². The van der Waals surface area contributed by atoms with E-state index in [2.05, 4.69) is 32.2 Å². The van der Waals surface area contributed by atoms with E-state index in [-0.39, 0.29) is 22.3 Å². The lowest BCUT2D eigenvalue weighted by Crippen LogP contribution is -2.71. The van der Waals surface area contributed by atoms with Crippen LogP contribution in [0.25, 0.3) is 0 Å². The SMILES string of the molecule is C=CC1=C(C(=O)O)N2C(=O)[C@@H](NC(=O)/C(=N\OCC(=O)O)c3csc(NC(C)=O)n3)[C@H]2SC1. The van der Waals surface area contributed by atoms with E-state index in [1.165, 1.54) is 30.1 Å². The van der Waals surface area contributed by atoms with Gasteiger partial charge in [0, 0.05) is 18.1 Å². The van der Waals surface area contributed by atoms with Gasteiger partial charge in [-0.25, -0.2) is 14.6 Å². The summed E-state index contributed by atoms with van der Waals surface area (Å²) < 4.78 is 0. The van der Waals surface area contributed by atoms with Crippen LogP contribution < -0.4 is 10.6 Å². The van der Waals surface area contributed by atoms with Crippen molar-refractivity contribution < 1.29 is 39.0 Å². The van der Waals surface area contributed by atoms with Gasteiger partial charge in [0.05, 0.1) is 0 Å². The van der Waals surface area contributed by atoms with E-state index in [1.807, 2.05) is 0 Å². The van der Waals surface area contributed by atoms with Crippen molar-refractivity contribution in [3.05, 3.63) is 35.0 Å². The molecule has 0 saturated carbocycles. The van der Waals surface area contributed by atoms with Crippen molar-refractivity contribution in [2.24, 2.45) is 5.16 Å². The summed E-state index contributed by atoms with van der Waals surface area (Å²) in [6, 6.07) is -1.05. The van der Waals surface area contributed by atoms with Gasteiger partial charge >= 0.3 is 11.9 Å². The van der Waals surface area contributed by atoms with Gasteiger partial charge < -0.3 is 25.7 Å². The largest absolute Gasteiger partial charge is 0.479 e. The summed E-state index contributed by atoms with van der Waals surface area (Å²) in [6.07, 6.45) is 1.37. The third kappa shape index (κ3) is 5.04. The lowest BCUT2D eigenvalue weighted by atomic mass is 10.0. The monoisotopic (exact) mass is 495 g/mol. The summed E-state index contributed by atoms with van der Waals surface area (Å²) >= 11 is 2.24. The van der Waals surface area contributed by atoms with Gasteiger partial charge in [0.1, 0.15) is 22.8 Å². The summed E-state index contributed by atoms with van der Waals surface area (Å²) in [5.41, 5.74) is -0.245. The van der Waals surface area contributed by atoms with E-state index in [1.54, 1.807) is 0 Å². The molecule has 174 valence electrons. The Bertz CT molecular complexity index is 1110. The first kappa shape index (κ1) is 23.9. The molecule has 2 aliphatic rings. The van der Waals surface area contributed by atoms with Crippen molar-refractivity contribution >= 4 is 63.6 Å². The molecule has 2 aliphatic heterocycles. The van der Waals surface area contributed by atoms with Crippen molar-refractivity contribution in [2.75, 3.05) is 17.7 Å². The van der Waals surface area contributed by atoms with E-state index in [9.17, 15) is 29.1 Å². The molecule has 0 radical (unpaired) electrons. The van der Waals surface area contributed by atoms with Crippen LogP contribution in [0.5, 0.6) is 0 Å². The number of anilines is 1. The zero-order chi connectivity index (χ0) is 24.3. The molecule has 3 heterocycles. The molecule has 0 spiro atoms. The van der Waals surface area contributed by atoms with Crippen LogP contribution in [0.1, 0.15) is 12.6 Å². The second kappa shape index (κ2) is 9.83. The minimum absolute atomic E-state index is 0.0216. The maximum Gasteiger partial charge on any atom is 0.352 e. The van der Waals surface area contributed by atoms with Crippen LogP contribution >= 0.6 is 23.1 Å². The van der Waals surface area contributed by atoms with E-state index in [0.29, 0.717) is 5.57 Å². The number of hydrogen-bond donors (Lipinski definition) is 4. The maximum absolute atomic E-state index is 12.9. The van der Waals surface area contributed by atoms with Crippen LogP contribution in [-0.2, 0) is 28.8 Å². The Labute approximate surface area is 194 Å². The number of β-lactam (4-membered cyclic amide) rings is 1.